The van der Waals surface area contributed by atoms with Gasteiger partial charge in [-0.1, -0.05) is 182 Å². The molecule has 4 nitrogen and oxygen atoms in total. The minimum absolute atomic E-state index is 0.0820. The summed E-state index contributed by atoms with van der Waals surface area (Å²) in [6.45, 7) is 12.4. The van der Waals surface area contributed by atoms with E-state index in [1.807, 2.05) is 156 Å². The summed E-state index contributed by atoms with van der Waals surface area (Å²) < 4.78 is 0. The zero-order chi connectivity index (χ0) is 32.8. The van der Waals surface area contributed by atoms with E-state index in [2.05, 4.69) is 6.92 Å². The molecule has 0 saturated heterocycles. The van der Waals surface area contributed by atoms with Crippen LogP contribution in [0.15, 0.2) is 121 Å². The lowest BCUT2D eigenvalue weighted by atomic mass is 9.85. The maximum absolute atomic E-state index is 9.86. The Labute approximate surface area is 267 Å². The Morgan fingerprint density at radius 3 is 1.34 bits per heavy atom. The Balaban J connectivity index is 0.000000297. The quantitative estimate of drug-likeness (QED) is 0.144. The summed E-state index contributed by atoms with van der Waals surface area (Å²) in [7, 11) is 0. The van der Waals surface area contributed by atoms with Crippen molar-refractivity contribution in [3.8, 4) is 0 Å². The van der Waals surface area contributed by atoms with E-state index in [1.165, 1.54) is 12.8 Å². The molecule has 4 aromatic carbocycles. The molecule has 0 heterocycles. The first-order valence-corrected chi connectivity index (χ1v) is 15.8. The topological polar surface area (TPSA) is 80.9 Å². The molecule has 240 valence electrons. The third-order valence-corrected chi connectivity index (χ3v) is 7.00. The van der Waals surface area contributed by atoms with Gasteiger partial charge in [0.1, 0.15) is 0 Å². The van der Waals surface area contributed by atoms with Crippen molar-refractivity contribution in [1.29, 1.82) is 0 Å². The number of aliphatic hydroxyl groups is 4. The number of hydrogen-bond acceptors (Lipinski definition) is 4. The molecule has 4 rings (SSSR count). The fraction of sp³-hybridized carbons (Fsp3) is 0.400. The SMILES string of the molecule is CC(C)(C)C(O)c1ccccc1.CC(C)C(O)c1ccccc1.CCCCCC(O)c1ccccc1.OCc1ccccc1. The first kappa shape index (κ1) is 38.7. The highest BCUT2D eigenvalue weighted by Crippen LogP contribution is 2.31. The van der Waals surface area contributed by atoms with E-state index in [0.29, 0.717) is 0 Å². The van der Waals surface area contributed by atoms with Gasteiger partial charge < -0.3 is 20.4 Å². The molecule has 0 aromatic heterocycles. The van der Waals surface area contributed by atoms with Gasteiger partial charge in [0.2, 0.25) is 0 Å². The number of hydrogen-bond donors (Lipinski definition) is 4. The molecular formula is C40H56O4. The van der Waals surface area contributed by atoms with Crippen molar-refractivity contribution in [1.82, 2.24) is 0 Å². The molecule has 0 aliphatic carbocycles. The van der Waals surface area contributed by atoms with Crippen LogP contribution in [0.2, 0.25) is 0 Å². The molecule has 0 radical (unpaired) electrons. The van der Waals surface area contributed by atoms with Crippen LogP contribution in [0.5, 0.6) is 0 Å². The van der Waals surface area contributed by atoms with Crippen LogP contribution in [-0.4, -0.2) is 20.4 Å². The second-order valence-electron chi connectivity index (χ2n) is 12.3. The van der Waals surface area contributed by atoms with Crippen LogP contribution in [0.4, 0.5) is 0 Å². The molecule has 4 N–H and O–H groups in total. The molecule has 0 fully saturated rings. The molecular weight excluding hydrogens is 544 g/mol. The molecule has 0 aliphatic rings. The first-order valence-electron chi connectivity index (χ1n) is 15.8. The van der Waals surface area contributed by atoms with Crippen molar-refractivity contribution >= 4 is 0 Å². The van der Waals surface area contributed by atoms with E-state index < -0.39 is 0 Å². The standard InChI is InChI=1S/C12H18O.C11H16O.C10H14O.C7H8O/c1-2-3-5-10-12(13)11-8-6-4-7-9-11;1-11(2,3)10(12)9-7-5-4-6-8-9;1-8(2)10(11)9-6-4-3-5-7-9;8-6-7-4-2-1-3-5-7/h4,6-9,12-13H,2-3,5,10H2,1H3;4-8,10,12H,1-3H3;3-8,10-11H,1-2H3;1-5,8H,6H2. The van der Waals surface area contributed by atoms with E-state index in [0.717, 1.165) is 35.1 Å². The highest BCUT2D eigenvalue weighted by molar-refractivity contribution is 5.19. The van der Waals surface area contributed by atoms with Gasteiger partial charge in [-0.15, -0.1) is 0 Å². The number of aliphatic hydroxyl groups excluding tert-OH is 4. The van der Waals surface area contributed by atoms with Gasteiger partial charge in [-0.05, 0) is 40.0 Å². The lowest BCUT2D eigenvalue weighted by Gasteiger charge is -2.25. The summed E-state index contributed by atoms with van der Waals surface area (Å²) in [5.41, 5.74) is 3.92. The van der Waals surface area contributed by atoms with Crippen LogP contribution in [-0.2, 0) is 6.61 Å². The summed E-state index contributed by atoms with van der Waals surface area (Å²) in [6, 6.07) is 38.9. The van der Waals surface area contributed by atoms with Gasteiger partial charge in [0.25, 0.3) is 0 Å². The zero-order valence-corrected chi connectivity index (χ0v) is 27.7. The monoisotopic (exact) mass is 600 g/mol. The number of unbranched alkanes of at least 4 members (excludes halogenated alkanes) is 2. The van der Waals surface area contributed by atoms with Crippen LogP contribution in [0.25, 0.3) is 0 Å². The minimum atomic E-state index is -0.376. The van der Waals surface area contributed by atoms with Gasteiger partial charge in [-0.2, -0.15) is 0 Å². The van der Waals surface area contributed by atoms with Crippen molar-refractivity contribution in [2.45, 2.75) is 92.1 Å². The average molecular weight is 601 g/mol. The van der Waals surface area contributed by atoms with Crippen LogP contribution >= 0.6 is 0 Å². The van der Waals surface area contributed by atoms with Crippen LogP contribution in [0, 0.1) is 11.3 Å². The highest BCUT2D eigenvalue weighted by atomic mass is 16.3. The van der Waals surface area contributed by atoms with E-state index in [-0.39, 0.29) is 36.3 Å². The average Bonchev–Trinajstić information content (AvgIpc) is 3.06. The van der Waals surface area contributed by atoms with Crippen molar-refractivity contribution < 1.29 is 20.4 Å². The fourth-order valence-corrected chi connectivity index (χ4v) is 4.18. The van der Waals surface area contributed by atoms with Crippen LogP contribution < -0.4 is 0 Å². The normalized spacial score (nSPS) is 12.7. The Morgan fingerprint density at radius 1 is 0.568 bits per heavy atom. The van der Waals surface area contributed by atoms with E-state index in [9.17, 15) is 15.3 Å². The summed E-state index contributed by atoms with van der Waals surface area (Å²) in [5.74, 6) is 0.289. The number of benzene rings is 4. The van der Waals surface area contributed by atoms with E-state index in [1.54, 1.807) is 0 Å². The van der Waals surface area contributed by atoms with Crippen LogP contribution in [0.1, 0.15) is 108 Å². The molecule has 44 heavy (non-hydrogen) atoms. The zero-order valence-electron chi connectivity index (χ0n) is 27.7. The fourth-order valence-electron chi connectivity index (χ4n) is 4.18. The smallest absolute Gasteiger partial charge is 0.0838 e. The maximum Gasteiger partial charge on any atom is 0.0838 e. The maximum atomic E-state index is 9.86. The largest absolute Gasteiger partial charge is 0.392 e. The van der Waals surface area contributed by atoms with Crippen molar-refractivity contribution in [2.24, 2.45) is 11.3 Å². The van der Waals surface area contributed by atoms with E-state index >= 15 is 0 Å². The van der Waals surface area contributed by atoms with Gasteiger partial charge in [-0.3, -0.25) is 0 Å². The molecule has 3 atom stereocenters. The van der Waals surface area contributed by atoms with E-state index in [4.69, 9.17) is 5.11 Å². The minimum Gasteiger partial charge on any atom is -0.392 e. The van der Waals surface area contributed by atoms with Crippen molar-refractivity contribution in [3.05, 3.63) is 144 Å². The summed E-state index contributed by atoms with van der Waals surface area (Å²) in [5, 5.41) is 37.7. The second kappa shape index (κ2) is 22.3. The van der Waals surface area contributed by atoms with Gasteiger partial charge in [0, 0.05) is 0 Å². The molecule has 4 heteroatoms. The molecule has 3 unspecified atom stereocenters. The van der Waals surface area contributed by atoms with Gasteiger partial charge in [0.15, 0.2) is 0 Å². The number of rotatable bonds is 9. The molecule has 4 aromatic rings. The third-order valence-electron chi connectivity index (χ3n) is 7.00. The molecule has 0 aliphatic heterocycles. The summed E-state index contributed by atoms with van der Waals surface area (Å²) >= 11 is 0. The lowest BCUT2D eigenvalue weighted by molar-refractivity contribution is 0.0627. The Hall–Kier alpha value is -3.28. The van der Waals surface area contributed by atoms with Crippen molar-refractivity contribution in [2.75, 3.05) is 0 Å². The third kappa shape index (κ3) is 16.5. The predicted octanol–water partition coefficient (Wildman–Crippen LogP) is 9.62. The molecule has 0 bridgehead atoms. The molecule has 0 saturated carbocycles. The Morgan fingerprint density at radius 2 is 0.977 bits per heavy atom. The first-order chi connectivity index (χ1) is 21.0. The molecule has 0 amide bonds. The Kier molecular flexibility index (Phi) is 19.6. The van der Waals surface area contributed by atoms with Gasteiger partial charge in [0.05, 0.1) is 24.9 Å². The Bertz CT molecular complexity index is 1190. The highest BCUT2D eigenvalue weighted by Gasteiger charge is 2.23. The second-order valence-corrected chi connectivity index (χ2v) is 12.3. The lowest BCUT2D eigenvalue weighted by Crippen LogP contribution is -2.17. The van der Waals surface area contributed by atoms with Crippen LogP contribution in [0.3, 0.4) is 0 Å². The van der Waals surface area contributed by atoms with Gasteiger partial charge >= 0.3 is 0 Å². The van der Waals surface area contributed by atoms with Gasteiger partial charge in [-0.25, -0.2) is 0 Å². The summed E-state index contributed by atoms with van der Waals surface area (Å²) in [6.07, 6.45) is 3.46. The predicted molar refractivity (Wildman–Crippen MR) is 185 cm³/mol. The summed E-state index contributed by atoms with van der Waals surface area (Å²) in [4.78, 5) is 0. The molecule has 0 spiro atoms. The van der Waals surface area contributed by atoms with Crippen molar-refractivity contribution in [3.63, 3.8) is 0 Å².